The fourth-order valence-electron chi connectivity index (χ4n) is 3.00. The second-order valence-electron chi connectivity index (χ2n) is 6.06. The number of methoxy groups -OCH3 is 2. The van der Waals surface area contributed by atoms with Gasteiger partial charge in [-0.05, 0) is 37.5 Å². The number of hydrogen-bond acceptors (Lipinski definition) is 6. The SMILES string of the molecule is COC(=O)c1cc(N(C)C)ccc1-c1nc2c(s1)C(OC)CCC2. The molecular weight excluding hydrogens is 324 g/mol. The van der Waals surface area contributed by atoms with E-state index in [-0.39, 0.29) is 12.1 Å². The Kier molecular flexibility index (Phi) is 4.87. The van der Waals surface area contributed by atoms with Crippen LogP contribution < -0.4 is 4.90 Å². The third-order valence-corrected chi connectivity index (χ3v) is 5.56. The first-order valence-electron chi connectivity index (χ1n) is 7.97. The largest absolute Gasteiger partial charge is 0.465 e. The molecule has 1 aromatic heterocycles. The van der Waals surface area contributed by atoms with Gasteiger partial charge in [0.15, 0.2) is 0 Å². The highest BCUT2D eigenvalue weighted by atomic mass is 32.1. The number of benzene rings is 1. The lowest BCUT2D eigenvalue weighted by molar-refractivity contribution is 0.0601. The van der Waals surface area contributed by atoms with Crippen LogP contribution in [0.4, 0.5) is 5.69 Å². The standard InChI is InChI=1S/C18H22N2O3S/c1-20(2)11-8-9-12(13(10-11)18(21)23-4)17-19-14-6-5-7-15(22-3)16(14)24-17/h8-10,15H,5-7H2,1-4H3. The summed E-state index contributed by atoms with van der Waals surface area (Å²) in [6.07, 6.45) is 3.18. The minimum absolute atomic E-state index is 0.114. The Morgan fingerprint density at radius 1 is 1.33 bits per heavy atom. The quantitative estimate of drug-likeness (QED) is 0.790. The van der Waals surface area contributed by atoms with Crippen molar-refractivity contribution < 1.29 is 14.3 Å². The van der Waals surface area contributed by atoms with Gasteiger partial charge in [-0.15, -0.1) is 11.3 Å². The maximum absolute atomic E-state index is 12.3. The Bertz CT molecular complexity index is 755. The Balaban J connectivity index is 2.09. The number of aromatic nitrogens is 1. The van der Waals surface area contributed by atoms with Crippen LogP contribution in [0.5, 0.6) is 0 Å². The van der Waals surface area contributed by atoms with Gasteiger partial charge < -0.3 is 14.4 Å². The maximum Gasteiger partial charge on any atom is 0.338 e. The van der Waals surface area contributed by atoms with Gasteiger partial charge in [-0.2, -0.15) is 0 Å². The maximum atomic E-state index is 12.3. The topological polar surface area (TPSA) is 51.7 Å². The number of aryl methyl sites for hydroxylation is 1. The fourth-order valence-corrected chi connectivity index (χ4v) is 4.26. The normalized spacial score (nSPS) is 16.6. The van der Waals surface area contributed by atoms with Gasteiger partial charge in [0.2, 0.25) is 0 Å². The highest BCUT2D eigenvalue weighted by Gasteiger charge is 2.26. The first-order valence-corrected chi connectivity index (χ1v) is 8.79. The lowest BCUT2D eigenvalue weighted by Gasteiger charge is -2.19. The van der Waals surface area contributed by atoms with Crippen LogP contribution in [-0.4, -0.2) is 39.3 Å². The van der Waals surface area contributed by atoms with Gasteiger partial charge in [0, 0.05) is 32.5 Å². The molecule has 1 aromatic carbocycles. The predicted molar refractivity (Wildman–Crippen MR) is 95.9 cm³/mol. The summed E-state index contributed by atoms with van der Waals surface area (Å²) in [5.41, 5.74) is 3.42. The van der Waals surface area contributed by atoms with Crippen molar-refractivity contribution >= 4 is 23.0 Å². The van der Waals surface area contributed by atoms with Crippen LogP contribution in [0.3, 0.4) is 0 Å². The summed E-state index contributed by atoms with van der Waals surface area (Å²) in [6.45, 7) is 0. The molecule has 0 saturated heterocycles. The van der Waals surface area contributed by atoms with Crippen LogP contribution in [-0.2, 0) is 15.9 Å². The summed E-state index contributed by atoms with van der Waals surface area (Å²) in [6, 6.07) is 5.80. The second kappa shape index (κ2) is 6.91. The van der Waals surface area contributed by atoms with E-state index in [1.165, 1.54) is 12.0 Å². The van der Waals surface area contributed by atoms with E-state index in [4.69, 9.17) is 14.5 Å². The van der Waals surface area contributed by atoms with Crippen molar-refractivity contribution in [3.05, 3.63) is 34.3 Å². The second-order valence-corrected chi connectivity index (χ2v) is 7.09. The number of carbonyl (C=O) groups excluding carboxylic acids is 1. The lowest BCUT2D eigenvalue weighted by atomic mass is 10.0. The molecule has 0 N–H and O–H groups in total. The number of anilines is 1. The molecule has 0 bridgehead atoms. The van der Waals surface area contributed by atoms with E-state index >= 15 is 0 Å². The van der Waals surface area contributed by atoms with Crippen molar-refractivity contribution in [2.24, 2.45) is 0 Å². The van der Waals surface area contributed by atoms with E-state index in [9.17, 15) is 4.79 Å². The third-order valence-electron chi connectivity index (χ3n) is 4.34. The molecular formula is C18H22N2O3S. The molecule has 0 spiro atoms. The number of fused-ring (bicyclic) bond motifs is 1. The molecule has 24 heavy (non-hydrogen) atoms. The highest BCUT2D eigenvalue weighted by molar-refractivity contribution is 7.15. The van der Waals surface area contributed by atoms with E-state index in [1.54, 1.807) is 18.4 Å². The molecule has 6 heteroatoms. The first kappa shape index (κ1) is 16.9. The molecule has 5 nitrogen and oxygen atoms in total. The monoisotopic (exact) mass is 346 g/mol. The predicted octanol–water partition coefficient (Wildman–Crippen LogP) is 3.69. The summed E-state index contributed by atoms with van der Waals surface area (Å²) in [5, 5.41) is 0.856. The number of rotatable bonds is 4. The van der Waals surface area contributed by atoms with Gasteiger partial charge in [0.25, 0.3) is 0 Å². The molecule has 128 valence electrons. The molecule has 0 saturated carbocycles. The Hall–Kier alpha value is -1.92. The van der Waals surface area contributed by atoms with Crippen molar-refractivity contribution in [1.82, 2.24) is 4.98 Å². The van der Waals surface area contributed by atoms with Crippen LogP contribution in [0.2, 0.25) is 0 Å². The smallest absolute Gasteiger partial charge is 0.338 e. The van der Waals surface area contributed by atoms with E-state index < -0.39 is 0 Å². The number of carbonyl (C=O) groups is 1. The summed E-state index contributed by atoms with van der Waals surface area (Å²) in [4.78, 5) is 20.2. The summed E-state index contributed by atoms with van der Waals surface area (Å²) in [5.74, 6) is -0.342. The summed E-state index contributed by atoms with van der Waals surface area (Å²) in [7, 11) is 7.04. The van der Waals surface area contributed by atoms with Gasteiger partial charge in [-0.1, -0.05) is 0 Å². The minimum atomic E-state index is -0.342. The van der Waals surface area contributed by atoms with E-state index in [2.05, 4.69) is 0 Å². The van der Waals surface area contributed by atoms with Crippen LogP contribution in [0.15, 0.2) is 18.2 Å². The van der Waals surface area contributed by atoms with E-state index in [1.807, 2.05) is 37.2 Å². The van der Waals surface area contributed by atoms with Gasteiger partial charge >= 0.3 is 5.97 Å². The van der Waals surface area contributed by atoms with Gasteiger partial charge in [-0.3, -0.25) is 0 Å². The molecule has 0 aliphatic heterocycles. The Morgan fingerprint density at radius 3 is 2.79 bits per heavy atom. The first-order chi connectivity index (χ1) is 11.5. The lowest BCUT2D eigenvalue weighted by Crippen LogP contribution is -2.11. The van der Waals surface area contributed by atoms with Gasteiger partial charge in [0.1, 0.15) is 5.01 Å². The molecule has 1 unspecified atom stereocenters. The van der Waals surface area contributed by atoms with Crippen LogP contribution in [0, 0.1) is 0 Å². The van der Waals surface area contributed by atoms with Crippen molar-refractivity contribution in [3.63, 3.8) is 0 Å². The van der Waals surface area contributed by atoms with Crippen molar-refractivity contribution in [1.29, 1.82) is 0 Å². The Morgan fingerprint density at radius 2 is 2.12 bits per heavy atom. The molecule has 0 fully saturated rings. The van der Waals surface area contributed by atoms with E-state index in [0.29, 0.717) is 5.56 Å². The molecule has 1 atom stereocenters. The number of esters is 1. The minimum Gasteiger partial charge on any atom is -0.465 e. The molecule has 2 aromatic rings. The van der Waals surface area contributed by atoms with Crippen molar-refractivity contribution in [2.75, 3.05) is 33.2 Å². The van der Waals surface area contributed by atoms with Gasteiger partial charge in [-0.25, -0.2) is 9.78 Å². The number of thiazole rings is 1. The van der Waals surface area contributed by atoms with Crippen LogP contribution in [0.25, 0.3) is 10.6 Å². The molecule has 0 radical (unpaired) electrons. The zero-order valence-corrected chi connectivity index (χ0v) is 15.3. The number of nitrogens with zero attached hydrogens (tertiary/aromatic N) is 2. The molecule has 1 aliphatic rings. The fraction of sp³-hybridized carbons (Fsp3) is 0.444. The Labute approximate surface area is 146 Å². The van der Waals surface area contributed by atoms with E-state index in [0.717, 1.165) is 41.2 Å². The molecule has 0 amide bonds. The summed E-state index contributed by atoms with van der Waals surface area (Å²) < 4.78 is 10.6. The molecule has 3 rings (SSSR count). The zero-order valence-electron chi connectivity index (χ0n) is 14.5. The average Bonchev–Trinajstić information content (AvgIpc) is 3.04. The van der Waals surface area contributed by atoms with Gasteiger partial charge in [0.05, 0.1) is 29.3 Å². The molecule has 1 aliphatic carbocycles. The van der Waals surface area contributed by atoms with Crippen molar-refractivity contribution in [2.45, 2.75) is 25.4 Å². The molecule has 1 heterocycles. The summed E-state index contributed by atoms with van der Waals surface area (Å²) >= 11 is 1.62. The zero-order chi connectivity index (χ0) is 17.3. The highest BCUT2D eigenvalue weighted by Crippen LogP contribution is 2.40. The van der Waals surface area contributed by atoms with Crippen LogP contribution >= 0.6 is 11.3 Å². The number of ether oxygens (including phenoxy) is 2. The average molecular weight is 346 g/mol. The van der Waals surface area contributed by atoms with Crippen LogP contribution in [0.1, 0.15) is 39.9 Å². The number of hydrogen-bond donors (Lipinski definition) is 0. The van der Waals surface area contributed by atoms with Crippen molar-refractivity contribution in [3.8, 4) is 10.6 Å². The third kappa shape index (κ3) is 3.03.